The maximum atomic E-state index is 12.7. The summed E-state index contributed by atoms with van der Waals surface area (Å²) in [7, 11) is 1.58. The van der Waals surface area contributed by atoms with Crippen LogP contribution < -0.4 is 4.74 Å². The van der Waals surface area contributed by atoms with E-state index in [2.05, 4.69) is 15.9 Å². The molecule has 0 aromatic heterocycles. The topological polar surface area (TPSA) is 49.9 Å². The van der Waals surface area contributed by atoms with Gasteiger partial charge in [-0.05, 0) is 58.4 Å². The first-order valence-electron chi connectivity index (χ1n) is 8.17. The maximum absolute atomic E-state index is 12.7. The Labute approximate surface area is 165 Å². The standard InChI is InChI=1S/C19H18BrClN2O3/c1-26-17-7-4-14(12-16(17)20)19(25)23-10-8-22(9-11-23)18(24)13-2-5-15(21)6-3-13/h2-7,12H,8-11H2,1H3. The van der Waals surface area contributed by atoms with Crippen LogP contribution in [0.1, 0.15) is 20.7 Å². The zero-order valence-electron chi connectivity index (χ0n) is 14.2. The largest absolute Gasteiger partial charge is 0.496 e. The third-order valence-electron chi connectivity index (χ3n) is 4.34. The molecule has 3 rings (SSSR count). The molecule has 0 N–H and O–H groups in total. The average molecular weight is 438 g/mol. The van der Waals surface area contributed by atoms with Crippen LogP contribution in [0.15, 0.2) is 46.9 Å². The van der Waals surface area contributed by atoms with Crippen LogP contribution in [-0.2, 0) is 0 Å². The van der Waals surface area contributed by atoms with Gasteiger partial charge >= 0.3 is 0 Å². The normalized spacial score (nSPS) is 14.3. The molecule has 0 unspecified atom stereocenters. The first-order chi connectivity index (χ1) is 12.5. The Morgan fingerprint density at radius 2 is 1.42 bits per heavy atom. The summed E-state index contributed by atoms with van der Waals surface area (Å²) >= 11 is 9.27. The predicted molar refractivity (Wildman–Crippen MR) is 104 cm³/mol. The maximum Gasteiger partial charge on any atom is 0.254 e. The smallest absolute Gasteiger partial charge is 0.254 e. The molecule has 0 saturated carbocycles. The number of piperazine rings is 1. The van der Waals surface area contributed by atoms with Crippen molar-refractivity contribution in [3.63, 3.8) is 0 Å². The van der Waals surface area contributed by atoms with Gasteiger partial charge in [-0.2, -0.15) is 0 Å². The highest BCUT2D eigenvalue weighted by Gasteiger charge is 2.25. The Morgan fingerprint density at radius 3 is 1.92 bits per heavy atom. The highest BCUT2D eigenvalue weighted by Crippen LogP contribution is 2.26. The van der Waals surface area contributed by atoms with E-state index in [1.165, 1.54) is 0 Å². The molecule has 1 fully saturated rings. The lowest BCUT2D eigenvalue weighted by atomic mass is 10.1. The number of benzene rings is 2. The van der Waals surface area contributed by atoms with Gasteiger partial charge in [-0.1, -0.05) is 11.6 Å². The Kier molecular flexibility index (Phi) is 5.84. The van der Waals surface area contributed by atoms with Crippen molar-refractivity contribution < 1.29 is 14.3 Å². The van der Waals surface area contributed by atoms with Gasteiger partial charge in [0.25, 0.3) is 11.8 Å². The molecule has 1 aliphatic rings. The van der Waals surface area contributed by atoms with Gasteiger partial charge in [0.2, 0.25) is 0 Å². The Bertz CT molecular complexity index is 818. The molecule has 1 heterocycles. The number of nitrogens with zero attached hydrogens (tertiary/aromatic N) is 2. The van der Waals surface area contributed by atoms with E-state index in [9.17, 15) is 9.59 Å². The van der Waals surface area contributed by atoms with Crippen molar-refractivity contribution in [2.24, 2.45) is 0 Å². The minimum atomic E-state index is -0.0491. The molecule has 2 aromatic rings. The summed E-state index contributed by atoms with van der Waals surface area (Å²) in [5, 5.41) is 0.600. The molecule has 0 aliphatic carbocycles. The van der Waals surface area contributed by atoms with Crippen molar-refractivity contribution in [1.29, 1.82) is 0 Å². The minimum absolute atomic E-state index is 0.0408. The molecule has 0 bridgehead atoms. The van der Waals surface area contributed by atoms with Gasteiger partial charge in [0.05, 0.1) is 11.6 Å². The van der Waals surface area contributed by atoms with Gasteiger partial charge in [-0.15, -0.1) is 0 Å². The van der Waals surface area contributed by atoms with Crippen molar-refractivity contribution in [1.82, 2.24) is 9.80 Å². The van der Waals surface area contributed by atoms with E-state index in [-0.39, 0.29) is 11.8 Å². The molecule has 2 aromatic carbocycles. The fourth-order valence-corrected chi connectivity index (χ4v) is 3.54. The van der Waals surface area contributed by atoms with Crippen LogP contribution in [0, 0.1) is 0 Å². The van der Waals surface area contributed by atoms with Crippen molar-refractivity contribution in [3.05, 3.63) is 63.1 Å². The van der Waals surface area contributed by atoms with E-state index in [4.69, 9.17) is 16.3 Å². The highest BCUT2D eigenvalue weighted by molar-refractivity contribution is 9.10. The first-order valence-corrected chi connectivity index (χ1v) is 9.34. The average Bonchev–Trinajstić information content (AvgIpc) is 2.67. The van der Waals surface area contributed by atoms with E-state index < -0.39 is 0 Å². The minimum Gasteiger partial charge on any atom is -0.496 e. The molecule has 136 valence electrons. The number of hydrogen-bond acceptors (Lipinski definition) is 3. The zero-order chi connectivity index (χ0) is 18.7. The number of rotatable bonds is 3. The summed E-state index contributed by atoms with van der Waals surface area (Å²) in [5.41, 5.74) is 1.20. The molecular formula is C19H18BrClN2O3. The van der Waals surface area contributed by atoms with Crippen molar-refractivity contribution in [2.75, 3.05) is 33.3 Å². The van der Waals surface area contributed by atoms with Gasteiger partial charge in [0.15, 0.2) is 0 Å². The van der Waals surface area contributed by atoms with Crippen LogP contribution in [0.2, 0.25) is 5.02 Å². The number of carbonyl (C=O) groups is 2. The predicted octanol–water partition coefficient (Wildman–Crippen LogP) is 3.71. The third kappa shape index (κ3) is 4.02. The van der Waals surface area contributed by atoms with E-state index in [0.29, 0.717) is 48.1 Å². The SMILES string of the molecule is COc1ccc(C(=O)N2CCN(C(=O)c3ccc(Cl)cc3)CC2)cc1Br. The molecule has 2 amide bonds. The molecule has 26 heavy (non-hydrogen) atoms. The summed E-state index contributed by atoms with van der Waals surface area (Å²) in [6, 6.07) is 12.1. The number of halogens is 2. The van der Waals surface area contributed by atoms with Crippen LogP contribution in [0.25, 0.3) is 0 Å². The van der Waals surface area contributed by atoms with Gasteiger partial charge in [-0.3, -0.25) is 9.59 Å². The van der Waals surface area contributed by atoms with E-state index in [1.807, 2.05) is 0 Å². The van der Waals surface area contributed by atoms with Crippen LogP contribution >= 0.6 is 27.5 Å². The number of hydrogen-bond donors (Lipinski definition) is 0. The monoisotopic (exact) mass is 436 g/mol. The molecule has 1 aliphatic heterocycles. The van der Waals surface area contributed by atoms with Crippen LogP contribution in [0.3, 0.4) is 0 Å². The van der Waals surface area contributed by atoms with Crippen molar-refractivity contribution in [3.8, 4) is 5.75 Å². The van der Waals surface area contributed by atoms with E-state index in [0.717, 1.165) is 4.47 Å². The number of carbonyl (C=O) groups excluding carboxylic acids is 2. The Morgan fingerprint density at radius 1 is 0.923 bits per heavy atom. The molecule has 0 atom stereocenters. The second-order valence-corrected chi connectivity index (χ2v) is 7.23. The quantitative estimate of drug-likeness (QED) is 0.735. The second-order valence-electron chi connectivity index (χ2n) is 5.94. The van der Waals surface area contributed by atoms with Crippen LogP contribution in [0.5, 0.6) is 5.75 Å². The first kappa shape index (κ1) is 18.7. The molecule has 0 spiro atoms. The fraction of sp³-hybridized carbons (Fsp3) is 0.263. The summed E-state index contributed by atoms with van der Waals surface area (Å²) in [5.74, 6) is 0.591. The van der Waals surface area contributed by atoms with Crippen LogP contribution in [0.4, 0.5) is 0 Å². The van der Waals surface area contributed by atoms with Gasteiger partial charge in [0, 0.05) is 42.3 Å². The summed E-state index contributed by atoms with van der Waals surface area (Å²) in [6.07, 6.45) is 0. The summed E-state index contributed by atoms with van der Waals surface area (Å²) < 4.78 is 5.93. The van der Waals surface area contributed by atoms with E-state index >= 15 is 0 Å². The zero-order valence-corrected chi connectivity index (χ0v) is 16.6. The number of methoxy groups -OCH3 is 1. The summed E-state index contributed by atoms with van der Waals surface area (Å²) in [4.78, 5) is 28.7. The van der Waals surface area contributed by atoms with Crippen molar-refractivity contribution in [2.45, 2.75) is 0 Å². The lowest BCUT2D eigenvalue weighted by Crippen LogP contribution is -2.50. The third-order valence-corrected chi connectivity index (χ3v) is 5.22. The highest BCUT2D eigenvalue weighted by atomic mass is 79.9. The lowest BCUT2D eigenvalue weighted by molar-refractivity contribution is 0.0535. The van der Waals surface area contributed by atoms with Crippen LogP contribution in [-0.4, -0.2) is 54.9 Å². The van der Waals surface area contributed by atoms with Gasteiger partial charge < -0.3 is 14.5 Å². The van der Waals surface area contributed by atoms with E-state index in [1.54, 1.807) is 59.4 Å². The molecule has 0 radical (unpaired) electrons. The van der Waals surface area contributed by atoms with Gasteiger partial charge in [0.1, 0.15) is 5.75 Å². The molecule has 1 saturated heterocycles. The Balaban J connectivity index is 1.62. The second kappa shape index (κ2) is 8.10. The molecule has 7 heteroatoms. The van der Waals surface area contributed by atoms with Crippen molar-refractivity contribution >= 4 is 39.3 Å². The molecule has 5 nitrogen and oxygen atoms in total. The summed E-state index contributed by atoms with van der Waals surface area (Å²) in [6.45, 7) is 2.01. The number of ether oxygens (including phenoxy) is 1. The van der Waals surface area contributed by atoms with Gasteiger partial charge in [-0.25, -0.2) is 0 Å². The molecular weight excluding hydrogens is 420 g/mol. The Hall–Kier alpha value is -2.05. The fourth-order valence-electron chi connectivity index (χ4n) is 2.87. The number of amides is 2. The lowest BCUT2D eigenvalue weighted by Gasteiger charge is -2.35.